The minimum absolute atomic E-state index is 0.155. The van der Waals surface area contributed by atoms with Crippen molar-refractivity contribution < 1.29 is 18.7 Å². The number of hydrogen-bond donors (Lipinski definition) is 2. The normalized spacial score (nSPS) is 36.2. The summed E-state index contributed by atoms with van der Waals surface area (Å²) in [4.78, 5) is 13.3. The summed E-state index contributed by atoms with van der Waals surface area (Å²) >= 11 is 0. The maximum atomic E-state index is 13.3. The van der Waals surface area contributed by atoms with Crippen LogP contribution in [0.3, 0.4) is 0 Å². The van der Waals surface area contributed by atoms with E-state index in [1.54, 1.807) is 0 Å². The molecule has 1 aromatic carbocycles. The molecule has 2 aliphatic heterocycles. The summed E-state index contributed by atoms with van der Waals surface area (Å²) in [6, 6.07) is 8.52. The Morgan fingerprint density at radius 1 is 1.09 bits per heavy atom. The fraction of sp³-hybridized carbons (Fsp3) is 0.654. The molecule has 6 heteroatoms. The highest BCUT2D eigenvalue weighted by atomic mass is 19.1. The molecule has 0 radical (unpaired) electrons. The van der Waals surface area contributed by atoms with Gasteiger partial charge < -0.3 is 20.5 Å². The van der Waals surface area contributed by atoms with Gasteiger partial charge in [-0.25, -0.2) is 4.39 Å². The molecule has 4 bridgehead atoms. The number of ether oxygens (including phenoxy) is 2. The zero-order valence-electron chi connectivity index (χ0n) is 18.8. The molecule has 1 aromatic rings. The number of fused-ring (bicyclic) bond motifs is 5. The van der Waals surface area contributed by atoms with Crippen molar-refractivity contribution in [3.63, 3.8) is 0 Å². The molecule has 3 aliphatic carbocycles. The first kappa shape index (κ1) is 21.9. The summed E-state index contributed by atoms with van der Waals surface area (Å²) in [6.07, 6.45) is 11.5. The zero-order valence-corrected chi connectivity index (χ0v) is 18.8. The Labute approximate surface area is 189 Å². The van der Waals surface area contributed by atoms with Gasteiger partial charge in [0.25, 0.3) is 0 Å². The standard InChI is InChI=1S/C26H35FN2O3/c27-15-18(16-28)17-31-21-3-1-19(2-4-21)25-7-10-26(11-8-25,12-9-25)24(30)29-20-13-22-5-6-23(14-20)32-22/h1-4,15,20,22-23H,5-14,16-17,28H2,(H,29,30)/b18-15+/t20?,22-,23?,25?,26?/m1/s1. The third-order valence-corrected chi connectivity index (χ3v) is 8.66. The van der Waals surface area contributed by atoms with Crippen LogP contribution in [-0.4, -0.2) is 37.3 Å². The van der Waals surface area contributed by atoms with Crippen LogP contribution in [0.5, 0.6) is 5.75 Å². The van der Waals surface area contributed by atoms with E-state index in [1.165, 1.54) is 5.56 Å². The molecular weight excluding hydrogens is 407 g/mol. The van der Waals surface area contributed by atoms with E-state index < -0.39 is 0 Å². The molecule has 0 aromatic heterocycles. The minimum Gasteiger partial charge on any atom is -0.489 e. The second-order valence-electron chi connectivity index (χ2n) is 10.4. The number of carbonyl (C=O) groups excluding carboxylic acids is 1. The largest absolute Gasteiger partial charge is 0.489 e. The molecule has 3 N–H and O–H groups in total. The van der Waals surface area contributed by atoms with Crippen molar-refractivity contribution >= 4 is 5.91 Å². The van der Waals surface area contributed by atoms with E-state index in [4.69, 9.17) is 15.2 Å². The van der Waals surface area contributed by atoms with E-state index in [-0.39, 0.29) is 35.9 Å². The van der Waals surface area contributed by atoms with Crippen LogP contribution in [0.4, 0.5) is 4.39 Å². The average Bonchev–Trinajstić information content (AvgIpc) is 3.19. The van der Waals surface area contributed by atoms with Gasteiger partial charge in [-0.1, -0.05) is 12.1 Å². The second kappa shape index (κ2) is 8.79. The lowest BCUT2D eigenvalue weighted by atomic mass is 9.51. The number of nitrogens with one attached hydrogen (secondary N) is 1. The Kier molecular flexibility index (Phi) is 6.01. The molecule has 5 aliphatic rings. The van der Waals surface area contributed by atoms with Crippen LogP contribution in [0.15, 0.2) is 36.2 Å². The fourth-order valence-corrected chi connectivity index (χ4v) is 6.49. The SMILES string of the molecule is NC/C(=C\F)COc1ccc(C23CCC(C(=O)NC4CC5CC[C@H](C4)O5)(CC2)CC3)cc1. The molecule has 1 amide bonds. The first-order chi connectivity index (χ1) is 15.5. The number of hydrogen-bond acceptors (Lipinski definition) is 4. The second-order valence-corrected chi connectivity index (χ2v) is 10.4. The zero-order chi connectivity index (χ0) is 22.2. The number of benzene rings is 1. The van der Waals surface area contributed by atoms with Crippen LogP contribution in [0.1, 0.15) is 69.8 Å². The number of carbonyl (C=O) groups is 1. The van der Waals surface area contributed by atoms with Crippen molar-refractivity contribution in [2.45, 2.75) is 87.9 Å². The maximum absolute atomic E-state index is 13.3. The van der Waals surface area contributed by atoms with Crippen molar-refractivity contribution in [2.24, 2.45) is 11.1 Å². The number of amides is 1. The summed E-state index contributed by atoms with van der Waals surface area (Å²) in [6.45, 7) is 0.326. The lowest BCUT2D eigenvalue weighted by Gasteiger charge is -2.53. The minimum atomic E-state index is -0.181. The van der Waals surface area contributed by atoms with Crippen LogP contribution in [-0.2, 0) is 14.9 Å². The first-order valence-electron chi connectivity index (χ1n) is 12.2. The highest BCUT2D eigenvalue weighted by Gasteiger charge is 2.53. The van der Waals surface area contributed by atoms with Gasteiger partial charge in [-0.15, -0.1) is 0 Å². The van der Waals surface area contributed by atoms with Crippen molar-refractivity contribution in [3.05, 3.63) is 41.7 Å². The fourth-order valence-electron chi connectivity index (χ4n) is 6.49. The number of rotatable bonds is 7. The summed E-state index contributed by atoms with van der Waals surface area (Å²) in [5.74, 6) is 1.01. The predicted molar refractivity (Wildman–Crippen MR) is 121 cm³/mol. The van der Waals surface area contributed by atoms with Crippen molar-refractivity contribution in [1.29, 1.82) is 0 Å². The van der Waals surface area contributed by atoms with E-state index in [9.17, 15) is 9.18 Å². The Morgan fingerprint density at radius 2 is 1.72 bits per heavy atom. The van der Waals surface area contributed by atoms with Gasteiger partial charge in [0.2, 0.25) is 5.91 Å². The van der Waals surface area contributed by atoms with Crippen molar-refractivity contribution in [3.8, 4) is 5.75 Å². The quantitative estimate of drug-likeness (QED) is 0.661. The maximum Gasteiger partial charge on any atom is 0.226 e. The molecule has 174 valence electrons. The van der Waals surface area contributed by atoms with Crippen LogP contribution >= 0.6 is 0 Å². The molecule has 2 saturated heterocycles. The van der Waals surface area contributed by atoms with Crippen LogP contribution < -0.4 is 15.8 Å². The van der Waals surface area contributed by atoms with Gasteiger partial charge in [-0.2, -0.15) is 0 Å². The molecule has 6 rings (SSSR count). The van der Waals surface area contributed by atoms with Crippen molar-refractivity contribution in [2.75, 3.05) is 13.2 Å². The molecule has 5 nitrogen and oxygen atoms in total. The van der Waals surface area contributed by atoms with Crippen LogP contribution in [0.25, 0.3) is 0 Å². The molecule has 2 heterocycles. The monoisotopic (exact) mass is 442 g/mol. The first-order valence-corrected chi connectivity index (χ1v) is 12.2. The molecule has 2 unspecified atom stereocenters. The van der Waals surface area contributed by atoms with Crippen LogP contribution in [0, 0.1) is 5.41 Å². The van der Waals surface area contributed by atoms with E-state index in [1.807, 2.05) is 12.1 Å². The van der Waals surface area contributed by atoms with Gasteiger partial charge in [-0.05, 0) is 87.3 Å². The molecule has 3 saturated carbocycles. The van der Waals surface area contributed by atoms with E-state index in [0.717, 1.165) is 70.0 Å². The third-order valence-electron chi connectivity index (χ3n) is 8.66. The van der Waals surface area contributed by atoms with Gasteiger partial charge in [-0.3, -0.25) is 4.79 Å². The Hall–Kier alpha value is -1.92. The summed E-state index contributed by atoms with van der Waals surface area (Å²) < 4.78 is 24.3. The average molecular weight is 443 g/mol. The predicted octanol–water partition coefficient (Wildman–Crippen LogP) is 4.30. The molecular formula is C26H35FN2O3. The summed E-state index contributed by atoms with van der Waals surface area (Å²) in [5, 5.41) is 3.42. The van der Waals surface area contributed by atoms with Crippen molar-refractivity contribution in [1.82, 2.24) is 5.32 Å². The molecule has 0 spiro atoms. The number of halogens is 1. The molecule has 5 fully saturated rings. The topological polar surface area (TPSA) is 73.6 Å². The summed E-state index contributed by atoms with van der Waals surface area (Å²) in [7, 11) is 0. The smallest absolute Gasteiger partial charge is 0.226 e. The number of nitrogens with two attached hydrogens (primary N) is 1. The summed E-state index contributed by atoms with van der Waals surface area (Å²) in [5.41, 5.74) is 7.24. The van der Waals surface area contributed by atoms with E-state index in [2.05, 4.69) is 17.4 Å². The van der Waals surface area contributed by atoms with E-state index in [0.29, 0.717) is 24.1 Å². The molecule has 32 heavy (non-hydrogen) atoms. The third kappa shape index (κ3) is 4.08. The van der Waals surface area contributed by atoms with Gasteiger partial charge in [0.05, 0.1) is 18.5 Å². The van der Waals surface area contributed by atoms with Gasteiger partial charge >= 0.3 is 0 Å². The Balaban J connectivity index is 1.18. The van der Waals surface area contributed by atoms with Crippen LogP contribution in [0.2, 0.25) is 0 Å². The molecule has 3 atom stereocenters. The Morgan fingerprint density at radius 3 is 2.28 bits per heavy atom. The van der Waals surface area contributed by atoms with E-state index >= 15 is 0 Å². The Bertz CT molecular complexity index is 832. The highest BCUT2D eigenvalue weighted by Crippen LogP contribution is 2.58. The lowest BCUT2D eigenvalue weighted by molar-refractivity contribution is -0.139. The highest BCUT2D eigenvalue weighted by molar-refractivity contribution is 5.83. The van der Waals surface area contributed by atoms with Gasteiger partial charge in [0.15, 0.2) is 0 Å². The lowest BCUT2D eigenvalue weighted by Crippen LogP contribution is -2.54. The van der Waals surface area contributed by atoms with Gasteiger partial charge in [0, 0.05) is 23.6 Å². The van der Waals surface area contributed by atoms with Gasteiger partial charge in [0.1, 0.15) is 12.4 Å².